The number of likely N-dealkylation sites (tertiary alicyclic amines) is 1. The number of pyridine rings is 1. The van der Waals surface area contributed by atoms with E-state index < -0.39 is 23.3 Å². The predicted octanol–water partition coefficient (Wildman–Crippen LogP) is 3.62. The van der Waals surface area contributed by atoms with Gasteiger partial charge in [-0.25, -0.2) is 4.98 Å². The zero-order valence-electron chi connectivity index (χ0n) is 22.2. The Kier molecular flexibility index (Phi) is 8.80. The highest BCUT2D eigenvalue weighted by Gasteiger charge is 2.63. The Bertz CT molecular complexity index is 1130. The number of hydrogen-bond acceptors (Lipinski definition) is 6. The summed E-state index contributed by atoms with van der Waals surface area (Å²) >= 11 is 6.28. The fourth-order valence-electron chi connectivity index (χ4n) is 5.62. The zero-order chi connectivity index (χ0) is 28.4. The zero-order valence-corrected chi connectivity index (χ0v) is 22.9. The van der Waals surface area contributed by atoms with E-state index in [0.717, 1.165) is 49.1 Å². The van der Waals surface area contributed by atoms with Gasteiger partial charge in [0.05, 0.1) is 5.56 Å². The predicted molar refractivity (Wildman–Crippen MR) is 142 cm³/mol. The number of dihydropyridines is 1. The van der Waals surface area contributed by atoms with Gasteiger partial charge in [-0.2, -0.15) is 13.2 Å². The normalized spacial score (nSPS) is 20.7. The first-order chi connectivity index (χ1) is 18.4. The first kappa shape index (κ1) is 29.2. The van der Waals surface area contributed by atoms with Crippen molar-refractivity contribution >= 4 is 29.2 Å². The first-order valence-corrected chi connectivity index (χ1v) is 13.6. The molecule has 3 aliphatic heterocycles. The van der Waals surface area contributed by atoms with E-state index in [2.05, 4.69) is 15.2 Å². The number of alkyl halides is 3. The SMILES string of the molecule is CN(C)C(=O)c1ccc(N2CCC(CC3CCN(C(=O)C(O)(C4=CC=CNC4)C(F)(F)F)CC3)CC2)nc1Cl. The van der Waals surface area contributed by atoms with Gasteiger partial charge in [0.15, 0.2) is 0 Å². The fourth-order valence-corrected chi connectivity index (χ4v) is 5.85. The molecule has 1 aromatic heterocycles. The molecule has 2 fully saturated rings. The summed E-state index contributed by atoms with van der Waals surface area (Å²) in [5.74, 6) is 0.0165. The number of hydrogen-bond donors (Lipinski definition) is 2. The molecule has 8 nitrogen and oxygen atoms in total. The summed E-state index contributed by atoms with van der Waals surface area (Å²) in [6, 6.07) is 3.51. The summed E-state index contributed by atoms with van der Waals surface area (Å²) < 4.78 is 41.8. The van der Waals surface area contributed by atoms with Crippen LogP contribution in [0.25, 0.3) is 0 Å². The van der Waals surface area contributed by atoms with E-state index in [0.29, 0.717) is 30.2 Å². The number of nitrogens with one attached hydrogen (secondary N) is 1. The van der Waals surface area contributed by atoms with Crippen molar-refractivity contribution in [1.29, 1.82) is 0 Å². The average molecular weight is 570 g/mol. The van der Waals surface area contributed by atoms with E-state index in [-0.39, 0.29) is 30.7 Å². The van der Waals surface area contributed by atoms with Crippen LogP contribution in [0, 0.1) is 11.8 Å². The fraction of sp³-hybridized carbons (Fsp3) is 0.593. The lowest BCUT2D eigenvalue weighted by Gasteiger charge is -2.40. The second-order valence-corrected chi connectivity index (χ2v) is 11.1. The van der Waals surface area contributed by atoms with E-state index in [1.54, 1.807) is 20.2 Å². The molecule has 0 saturated carbocycles. The van der Waals surface area contributed by atoms with Gasteiger partial charge in [-0.1, -0.05) is 17.7 Å². The maximum Gasteiger partial charge on any atom is 0.430 e. The summed E-state index contributed by atoms with van der Waals surface area (Å²) in [6.45, 7) is 1.73. The highest BCUT2D eigenvalue weighted by molar-refractivity contribution is 6.32. The van der Waals surface area contributed by atoms with E-state index in [4.69, 9.17) is 11.6 Å². The van der Waals surface area contributed by atoms with Crippen molar-refractivity contribution in [1.82, 2.24) is 20.1 Å². The van der Waals surface area contributed by atoms with Gasteiger partial charge >= 0.3 is 6.18 Å². The third-order valence-corrected chi connectivity index (χ3v) is 8.25. The Morgan fingerprint density at radius 3 is 2.23 bits per heavy atom. The molecule has 39 heavy (non-hydrogen) atoms. The molecule has 3 aliphatic rings. The first-order valence-electron chi connectivity index (χ1n) is 13.2. The smallest absolute Gasteiger partial charge is 0.387 e. The Morgan fingerprint density at radius 2 is 1.72 bits per heavy atom. The van der Waals surface area contributed by atoms with Gasteiger partial charge in [0, 0.05) is 46.8 Å². The van der Waals surface area contributed by atoms with Gasteiger partial charge in [0.2, 0.25) is 0 Å². The van der Waals surface area contributed by atoms with Gasteiger partial charge < -0.3 is 25.1 Å². The van der Waals surface area contributed by atoms with Crippen molar-refractivity contribution in [3.05, 3.63) is 46.8 Å². The third kappa shape index (κ3) is 6.19. The van der Waals surface area contributed by atoms with Gasteiger partial charge in [0.1, 0.15) is 11.0 Å². The quantitative estimate of drug-likeness (QED) is 0.509. The Labute approximate surface area is 231 Å². The molecule has 0 spiro atoms. The minimum atomic E-state index is -5.12. The number of aliphatic hydroxyl groups is 1. The molecular formula is C27H35ClF3N5O3. The molecule has 2 amide bonds. The van der Waals surface area contributed by atoms with E-state index in [1.807, 2.05) is 6.07 Å². The second kappa shape index (κ2) is 11.8. The summed E-state index contributed by atoms with van der Waals surface area (Å²) in [5, 5.41) is 13.4. The lowest BCUT2D eigenvalue weighted by atomic mass is 9.82. The average Bonchev–Trinajstić information content (AvgIpc) is 2.92. The lowest BCUT2D eigenvalue weighted by Crippen LogP contribution is -2.61. The van der Waals surface area contributed by atoms with Crippen LogP contribution in [0.3, 0.4) is 0 Å². The van der Waals surface area contributed by atoms with E-state index >= 15 is 0 Å². The van der Waals surface area contributed by atoms with Crippen molar-refractivity contribution in [2.45, 2.75) is 43.9 Å². The summed E-state index contributed by atoms with van der Waals surface area (Å²) in [7, 11) is 3.32. The molecule has 4 heterocycles. The van der Waals surface area contributed by atoms with Crippen LogP contribution in [-0.4, -0.2) is 90.3 Å². The molecule has 214 valence electrons. The number of allylic oxidation sites excluding steroid dienone is 2. The number of amides is 2. The topological polar surface area (TPSA) is 89.0 Å². The Balaban J connectivity index is 1.28. The lowest BCUT2D eigenvalue weighted by molar-refractivity contribution is -0.244. The monoisotopic (exact) mass is 569 g/mol. The molecule has 12 heteroatoms. The van der Waals surface area contributed by atoms with Gasteiger partial charge in [0.25, 0.3) is 17.4 Å². The number of carbonyl (C=O) groups excluding carboxylic acids is 2. The number of aromatic nitrogens is 1. The molecule has 1 atom stereocenters. The molecule has 2 N–H and O–H groups in total. The highest BCUT2D eigenvalue weighted by Crippen LogP contribution is 2.40. The van der Waals surface area contributed by atoms with Crippen LogP contribution in [0.4, 0.5) is 19.0 Å². The maximum atomic E-state index is 13.9. The molecule has 1 unspecified atom stereocenters. The molecular weight excluding hydrogens is 535 g/mol. The molecule has 0 aliphatic carbocycles. The van der Waals surface area contributed by atoms with Gasteiger partial charge in [-0.15, -0.1) is 0 Å². The van der Waals surface area contributed by atoms with Crippen molar-refractivity contribution in [2.75, 3.05) is 51.7 Å². The number of nitrogens with zero attached hydrogens (tertiary/aromatic N) is 4. The highest BCUT2D eigenvalue weighted by atomic mass is 35.5. The van der Waals surface area contributed by atoms with Crippen molar-refractivity contribution in [3.8, 4) is 0 Å². The summed E-state index contributed by atoms with van der Waals surface area (Å²) in [5.41, 5.74) is -3.56. The van der Waals surface area contributed by atoms with Crippen LogP contribution in [-0.2, 0) is 4.79 Å². The Morgan fingerprint density at radius 1 is 1.10 bits per heavy atom. The number of rotatable bonds is 6. The Hall–Kier alpha value is -2.79. The van der Waals surface area contributed by atoms with E-state index in [1.165, 1.54) is 17.2 Å². The van der Waals surface area contributed by atoms with Crippen LogP contribution in [0.2, 0.25) is 5.15 Å². The maximum absolute atomic E-state index is 13.9. The molecule has 2 saturated heterocycles. The molecule has 4 rings (SSSR count). The number of piperidine rings is 2. The third-order valence-electron chi connectivity index (χ3n) is 7.97. The largest absolute Gasteiger partial charge is 0.430 e. The summed E-state index contributed by atoms with van der Waals surface area (Å²) in [6.07, 6.45) is 2.91. The van der Waals surface area contributed by atoms with E-state index in [9.17, 15) is 27.9 Å². The summed E-state index contributed by atoms with van der Waals surface area (Å²) in [4.78, 5) is 34.4. The molecule has 0 aromatic carbocycles. The number of anilines is 1. The van der Waals surface area contributed by atoms with Crippen LogP contribution < -0.4 is 10.2 Å². The van der Waals surface area contributed by atoms with Crippen LogP contribution in [0.1, 0.15) is 42.5 Å². The van der Waals surface area contributed by atoms with Gasteiger partial charge in [-0.3, -0.25) is 9.59 Å². The van der Waals surface area contributed by atoms with Crippen LogP contribution in [0.5, 0.6) is 0 Å². The van der Waals surface area contributed by atoms with Crippen molar-refractivity contribution < 1.29 is 27.9 Å². The van der Waals surface area contributed by atoms with Crippen molar-refractivity contribution in [2.24, 2.45) is 11.8 Å². The van der Waals surface area contributed by atoms with Crippen molar-refractivity contribution in [3.63, 3.8) is 0 Å². The van der Waals surface area contributed by atoms with Crippen LogP contribution >= 0.6 is 11.6 Å². The van der Waals surface area contributed by atoms with Gasteiger partial charge in [-0.05, 0) is 73.9 Å². The standard InChI is InChI=1S/C27H35ClF3N5O3/c1-34(2)24(37)21-5-6-22(33-23(21)28)35-12-7-18(8-13-35)16-19-9-14-36(15-10-19)25(38)26(39,27(29,30)31)20-4-3-11-32-17-20/h3-6,11,18-19,32,39H,7-10,12-17H2,1-2H3. The number of carbonyl (C=O) groups is 2. The molecule has 1 aromatic rings. The minimum absolute atomic E-state index is 0.180. The minimum Gasteiger partial charge on any atom is -0.387 e. The second-order valence-electron chi connectivity index (χ2n) is 10.7. The molecule has 0 radical (unpaired) electrons. The number of halogens is 4. The van der Waals surface area contributed by atoms with Crippen LogP contribution in [0.15, 0.2) is 36.1 Å². The molecule has 0 bridgehead atoms.